The molecular formula is C22H20Cl2O3. The van der Waals surface area contributed by atoms with Crippen LogP contribution in [0.2, 0.25) is 10.0 Å². The zero-order valence-electron chi connectivity index (χ0n) is 15.1. The highest BCUT2D eigenvalue weighted by molar-refractivity contribution is 6.33. The predicted molar refractivity (Wildman–Crippen MR) is 106 cm³/mol. The van der Waals surface area contributed by atoms with Crippen molar-refractivity contribution in [1.29, 1.82) is 0 Å². The Labute approximate surface area is 168 Å². The Kier molecular flexibility index (Phi) is 4.77. The summed E-state index contributed by atoms with van der Waals surface area (Å²) >= 11 is 12.5. The minimum absolute atomic E-state index is 0.132. The fourth-order valence-corrected chi connectivity index (χ4v) is 4.68. The van der Waals surface area contributed by atoms with E-state index in [9.17, 15) is 9.59 Å². The highest BCUT2D eigenvalue weighted by Gasteiger charge is 2.56. The molecule has 1 saturated heterocycles. The first-order valence-electron chi connectivity index (χ1n) is 9.24. The minimum atomic E-state index is -0.938. The molecule has 5 heteroatoms. The van der Waals surface area contributed by atoms with Gasteiger partial charge in [-0.1, -0.05) is 47.8 Å². The van der Waals surface area contributed by atoms with Crippen molar-refractivity contribution >= 4 is 35.0 Å². The third-order valence-electron chi connectivity index (χ3n) is 5.71. The smallest absolute Gasteiger partial charge is 0.322 e. The van der Waals surface area contributed by atoms with Crippen LogP contribution in [0.1, 0.15) is 49.1 Å². The maximum Gasteiger partial charge on any atom is 0.322 e. The van der Waals surface area contributed by atoms with E-state index in [1.165, 1.54) is 0 Å². The second-order valence-corrected chi connectivity index (χ2v) is 8.31. The maximum atomic E-state index is 13.1. The number of carbonyl (C=O) groups is 2. The topological polar surface area (TPSA) is 43.4 Å². The number of rotatable bonds is 2. The first kappa shape index (κ1) is 18.5. The van der Waals surface area contributed by atoms with E-state index in [0.717, 1.165) is 36.0 Å². The van der Waals surface area contributed by atoms with Crippen LogP contribution in [0.3, 0.4) is 0 Å². The lowest BCUT2D eigenvalue weighted by Gasteiger charge is -2.29. The van der Waals surface area contributed by atoms with Crippen LogP contribution in [0.15, 0.2) is 36.4 Å². The van der Waals surface area contributed by atoms with Crippen molar-refractivity contribution in [1.82, 2.24) is 0 Å². The Morgan fingerprint density at radius 2 is 1.67 bits per heavy atom. The Hall–Kier alpha value is -1.84. The number of ketones is 1. The third-order valence-corrected chi connectivity index (χ3v) is 6.29. The number of hydrogen-bond acceptors (Lipinski definition) is 3. The van der Waals surface area contributed by atoms with Crippen LogP contribution >= 0.6 is 23.2 Å². The summed E-state index contributed by atoms with van der Waals surface area (Å²) in [6, 6.07) is 11.2. The highest BCUT2D eigenvalue weighted by Crippen LogP contribution is 2.45. The average molecular weight is 403 g/mol. The minimum Gasteiger partial charge on any atom is -0.450 e. The lowest BCUT2D eigenvalue weighted by Crippen LogP contribution is -2.39. The van der Waals surface area contributed by atoms with E-state index in [1.807, 2.05) is 43.3 Å². The largest absolute Gasteiger partial charge is 0.450 e. The second-order valence-electron chi connectivity index (χ2n) is 7.47. The summed E-state index contributed by atoms with van der Waals surface area (Å²) in [5.74, 6) is -1.52. The number of Topliss-reactive ketones (excluding diaryl/α,β-unsaturated/α-hetero) is 1. The molecule has 0 radical (unpaired) electrons. The van der Waals surface area contributed by atoms with Crippen molar-refractivity contribution in [3.8, 4) is 11.1 Å². The number of carbonyl (C=O) groups excluding carboxylic acids is 2. The molecule has 0 amide bonds. The van der Waals surface area contributed by atoms with Gasteiger partial charge in [0.05, 0.1) is 0 Å². The molecule has 2 aromatic carbocycles. The zero-order chi connectivity index (χ0) is 19.2. The van der Waals surface area contributed by atoms with Gasteiger partial charge in [-0.05, 0) is 73.1 Å². The predicted octanol–water partition coefficient (Wildman–Crippen LogP) is 5.88. The first-order chi connectivity index (χ1) is 12.9. The fraction of sp³-hybridized carbons (Fsp3) is 0.364. The molecule has 27 heavy (non-hydrogen) atoms. The summed E-state index contributed by atoms with van der Waals surface area (Å²) in [5.41, 5.74) is 2.48. The average Bonchev–Trinajstić information content (AvgIpc) is 2.88. The molecular weight excluding hydrogens is 383 g/mol. The molecule has 0 aromatic heterocycles. The summed E-state index contributed by atoms with van der Waals surface area (Å²) in [6.07, 6.45) is 4.13. The Bertz CT molecular complexity index is 912. The van der Waals surface area contributed by atoms with Crippen molar-refractivity contribution < 1.29 is 14.3 Å². The van der Waals surface area contributed by atoms with E-state index in [0.29, 0.717) is 28.5 Å². The van der Waals surface area contributed by atoms with E-state index in [1.54, 1.807) is 0 Å². The summed E-state index contributed by atoms with van der Waals surface area (Å²) < 4.78 is 5.63. The number of halogens is 2. The van der Waals surface area contributed by atoms with Gasteiger partial charge in [0.1, 0.15) is 5.92 Å². The molecule has 2 aliphatic rings. The Morgan fingerprint density at radius 3 is 2.33 bits per heavy atom. The molecule has 0 bridgehead atoms. The van der Waals surface area contributed by atoms with Gasteiger partial charge < -0.3 is 4.74 Å². The molecule has 1 heterocycles. The van der Waals surface area contributed by atoms with Gasteiger partial charge >= 0.3 is 5.97 Å². The Morgan fingerprint density at radius 1 is 1.00 bits per heavy atom. The van der Waals surface area contributed by atoms with Gasteiger partial charge in [0.25, 0.3) is 0 Å². The first-order valence-corrected chi connectivity index (χ1v) is 10.00. The lowest BCUT2D eigenvalue weighted by atomic mass is 9.78. The van der Waals surface area contributed by atoms with Gasteiger partial charge in [0.15, 0.2) is 11.4 Å². The molecule has 1 aliphatic carbocycles. The molecule has 4 rings (SSSR count). The van der Waals surface area contributed by atoms with Crippen LogP contribution in [0.4, 0.5) is 0 Å². The molecule has 140 valence electrons. The third kappa shape index (κ3) is 3.17. The van der Waals surface area contributed by atoms with E-state index in [4.69, 9.17) is 27.9 Å². The van der Waals surface area contributed by atoms with Crippen molar-refractivity contribution in [2.45, 2.75) is 50.5 Å². The number of aryl methyl sites for hydroxylation is 1. The molecule has 1 spiro atoms. The van der Waals surface area contributed by atoms with Gasteiger partial charge in [-0.3, -0.25) is 9.59 Å². The van der Waals surface area contributed by atoms with Crippen molar-refractivity contribution in [3.63, 3.8) is 0 Å². The Balaban J connectivity index is 1.72. The summed E-state index contributed by atoms with van der Waals surface area (Å²) in [6.45, 7) is 1.95. The summed E-state index contributed by atoms with van der Waals surface area (Å²) in [4.78, 5) is 25.7. The highest BCUT2D eigenvalue weighted by atomic mass is 35.5. The summed E-state index contributed by atoms with van der Waals surface area (Å²) in [5, 5.41) is 1.07. The van der Waals surface area contributed by atoms with Crippen LogP contribution in [-0.2, 0) is 14.3 Å². The molecule has 1 saturated carbocycles. The standard InChI is InChI=1S/C22H20Cl2O3/c1-13-11-17(18(24)12-16(13)14-5-7-15(23)8-6-14)19-20(25)22(27-21(19)26)9-3-2-4-10-22/h5-8,11-12,19H,2-4,9-10H2,1H3. The number of hydrogen-bond donors (Lipinski definition) is 0. The van der Waals surface area contributed by atoms with Crippen LogP contribution < -0.4 is 0 Å². The van der Waals surface area contributed by atoms with Crippen molar-refractivity contribution in [2.75, 3.05) is 0 Å². The molecule has 1 unspecified atom stereocenters. The van der Waals surface area contributed by atoms with E-state index >= 15 is 0 Å². The molecule has 2 fully saturated rings. The van der Waals surface area contributed by atoms with Gasteiger partial charge in [-0.25, -0.2) is 0 Å². The van der Waals surface area contributed by atoms with Crippen molar-refractivity contribution in [3.05, 3.63) is 57.6 Å². The van der Waals surface area contributed by atoms with E-state index < -0.39 is 17.5 Å². The number of ether oxygens (including phenoxy) is 1. The van der Waals surface area contributed by atoms with Gasteiger partial charge in [-0.15, -0.1) is 0 Å². The maximum absolute atomic E-state index is 13.1. The van der Waals surface area contributed by atoms with E-state index in [-0.39, 0.29) is 5.78 Å². The quantitative estimate of drug-likeness (QED) is 0.465. The number of esters is 1. The molecule has 1 aliphatic heterocycles. The van der Waals surface area contributed by atoms with Crippen LogP contribution in [0.25, 0.3) is 11.1 Å². The fourth-order valence-electron chi connectivity index (χ4n) is 4.28. The van der Waals surface area contributed by atoms with Gasteiger partial charge in [0.2, 0.25) is 0 Å². The number of benzene rings is 2. The van der Waals surface area contributed by atoms with Crippen molar-refractivity contribution in [2.24, 2.45) is 0 Å². The van der Waals surface area contributed by atoms with Crippen LogP contribution in [-0.4, -0.2) is 17.4 Å². The zero-order valence-corrected chi connectivity index (χ0v) is 16.6. The monoisotopic (exact) mass is 402 g/mol. The molecule has 1 atom stereocenters. The van der Waals surface area contributed by atoms with Gasteiger partial charge in [-0.2, -0.15) is 0 Å². The van der Waals surface area contributed by atoms with Gasteiger partial charge in [0, 0.05) is 10.0 Å². The normalized spacial score (nSPS) is 21.5. The lowest BCUT2D eigenvalue weighted by molar-refractivity contribution is -0.154. The molecule has 2 aromatic rings. The second kappa shape index (κ2) is 6.96. The van der Waals surface area contributed by atoms with E-state index in [2.05, 4.69) is 0 Å². The van der Waals surface area contributed by atoms with Crippen LogP contribution in [0.5, 0.6) is 0 Å². The van der Waals surface area contributed by atoms with Crippen LogP contribution in [0, 0.1) is 6.92 Å². The summed E-state index contributed by atoms with van der Waals surface area (Å²) in [7, 11) is 0. The SMILES string of the molecule is Cc1cc(C2C(=O)OC3(CCCCC3)C2=O)c(Cl)cc1-c1ccc(Cl)cc1. The molecule has 0 N–H and O–H groups in total. The molecule has 3 nitrogen and oxygen atoms in total.